The first-order valence-electron chi connectivity index (χ1n) is 8.23. The lowest BCUT2D eigenvalue weighted by Crippen LogP contribution is -2.28. The lowest BCUT2D eigenvalue weighted by Gasteiger charge is -2.10. The molecule has 27 heavy (non-hydrogen) atoms. The van der Waals surface area contributed by atoms with Crippen molar-refractivity contribution in [3.8, 4) is 11.5 Å². The fourth-order valence-corrected chi connectivity index (χ4v) is 2.93. The summed E-state index contributed by atoms with van der Waals surface area (Å²) in [5, 5.41) is 4.45. The van der Waals surface area contributed by atoms with E-state index in [4.69, 9.17) is 14.2 Å². The number of rotatable bonds is 10. The number of carbonyl (C=O) groups excluding carboxylic acids is 3. The lowest BCUT2D eigenvalue weighted by molar-refractivity contribution is -0.148. The van der Waals surface area contributed by atoms with Crippen molar-refractivity contribution in [3.05, 3.63) is 46.2 Å². The Morgan fingerprint density at radius 2 is 1.81 bits per heavy atom. The molecule has 7 nitrogen and oxygen atoms in total. The summed E-state index contributed by atoms with van der Waals surface area (Å²) in [7, 11) is 3.07. The Morgan fingerprint density at radius 3 is 2.48 bits per heavy atom. The van der Waals surface area contributed by atoms with Gasteiger partial charge >= 0.3 is 5.97 Å². The van der Waals surface area contributed by atoms with Gasteiger partial charge in [0.25, 0.3) is 5.91 Å². The minimum Gasteiger partial charge on any atom is -0.493 e. The fraction of sp³-hybridized carbons (Fsp3) is 0.316. The molecule has 1 N–H and O–H groups in total. The van der Waals surface area contributed by atoms with Crippen molar-refractivity contribution >= 4 is 29.0 Å². The summed E-state index contributed by atoms with van der Waals surface area (Å²) in [4.78, 5) is 35.9. The number of methoxy groups -OCH3 is 2. The normalized spacial score (nSPS) is 10.1. The molecule has 2 aromatic rings. The van der Waals surface area contributed by atoms with Crippen LogP contribution in [0.3, 0.4) is 0 Å². The van der Waals surface area contributed by atoms with Crippen LogP contribution in [0.2, 0.25) is 0 Å². The van der Waals surface area contributed by atoms with E-state index in [0.717, 1.165) is 5.56 Å². The van der Waals surface area contributed by atoms with Crippen LogP contribution in [0.4, 0.5) is 0 Å². The van der Waals surface area contributed by atoms with Gasteiger partial charge in [-0.25, -0.2) is 0 Å². The molecule has 0 fully saturated rings. The number of ketones is 1. The van der Waals surface area contributed by atoms with E-state index >= 15 is 0 Å². The van der Waals surface area contributed by atoms with E-state index < -0.39 is 11.9 Å². The number of carbonyl (C=O) groups is 3. The first-order chi connectivity index (χ1) is 13.0. The first kappa shape index (κ1) is 20.4. The SMILES string of the molecule is COc1ccc(CNC(=O)COC(=O)CCC(=O)c2cccs2)cc1OC. The summed E-state index contributed by atoms with van der Waals surface area (Å²) < 4.78 is 15.3. The van der Waals surface area contributed by atoms with Gasteiger partial charge in [0.2, 0.25) is 0 Å². The van der Waals surface area contributed by atoms with Gasteiger partial charge in [0.05, 0.1) is 25.5 Å². The molecule has 0 aliphatic heterocycles. The highest BCUT2D eigenvalue weighted by molar-refractivity contribution is 7.12. The van der Waals surface area contributed by atoms with Gasteiger partial charge in [0.1, 0.15) is 0 Å². The van der Waals surface area contributed by atoms with Crippen LogP contribution in [0.1, 0.15) is 28.1 Å². The topological polar surface area (TPSA) is 90.9 Å². The number of esters is 1. The van der Waals surface area contributed by atoms with Crippen LogP contribution in [0.15, 0.2) is 35.7 Å². The van der Waals surface area contributed by atoms with Gasteiger partial charge in [0.15, 0.2) is 23.9 Å². The van der Waals surface area contributed by atoms with E-state index in [-0.39, 0.29) is 31.8 Å². The fourth-order valence-electron chi connectivity index (χ4n) is 2.24. The highest BCUT2D eigenvalue weighted by Gasteiger charge is 2.12. The molecule has 1 amide bonds. The number of thiophene rings is 1. The van der Waals surface area contributed by atoms with Gasteiger partial charge in [-0.1, -0.05) is 12.1 Å². The molecule has 1 aromatic carbocycles. The second-order valence-electron chi connectivity index (χ2n) is 5.53. The molecule has 0 saturated carbocycles. The molecule has 144 valence electrons. The number of benzene rings is 1. The molecule has 0 unspecified atom stereocenters. The Balaban J connectivity index is 1.69. The summed E-state index contributed by atoms with van der Waals surface area (Å²) in [6.07, 6.45) is 0.00625. The quantitative estimate of drug-likeness (QED) is 0.494. The number of amides is 1. The third-order valence-corrected chi connectivity index (χ3v) is 4.56. The van der Waals surface area contributed by atoms with E-state index in [9.17, 15) is 14.4 Å². The van der Waals surface area contributed by atoms with Crippen LogP contribution in [0.5, 0.6) is 11.5 Å². The average molecular weight is 391 g/mol. The highest BCUT2D eigenvalue weighted by Crippen LogP contribution is 2.27. The van der Waals surface area contributed by atoms with E-state index in [1.807, 2.05) is 0 Å². The van der Waals surface area contributed by atoms with Crippen LogP contribution in [-0.4, -0.2) is 38.5 Å². The predicted molar refractivity (Wildman–Crippen MR) is 100 cm³/mol. The van der Waals surface area contributed by atoms with Crippen molar-refractivity contribution in [3.63, 3.8) is 0 Å². The Labute approximate surface area is 161 Å². The van der Waals surface area contributed by atoms with Crippen LogP contribution < -0.4 is 14.8 Å². The summed E-state index contributed by atoms with van der Waals surface area (Å²) >= 11 is 1.33. The minimum atomic E-state index is -0.582. The Morgan fingerprint density at radius 1 is 1.04 bits per heavy atom. The smallest absolute Gasteiger partial charge is 0.306 e. The van der Waals surface area contributed by atoms with E-state index in [0.29, 0.717) is 16.4 Å². The molecule has 1 heterocycles. The Hall–Kier alpha value is -2.87. The van der Waals surface area contributed by atoms with Crippen LogP contribution in [0, 0.1) is 0 Å². The van der Waals surface area contributed by atoms with E-state index in [1.165, 1.54) is 18.4 Å². The van der Waals surface area contributed by atoms with E-state index in [1.54, 1.807) is 42.8 Å². The van der Waals surface area contributed by atoms with Crippen molar-refractivity contribution in [2.75, 3.05) is 20.8 Å². The standard InChI is InChI=1S/C19H21NO6S/c1-24-15-7-5-13(10-16(15)25-2)11-20-18(22)12-26-19(23)8-6-14(21)17-4-3-9-27-17/h3-5,7,9-10H,6,8,11-12H2,1-2H3,(H,20,22). The van der Waals surface area contributed by atoms with Crippen molar-refractivity contribution in [1.29, 1.82) is 0 Å². The van der Waals surface area contributed by atoms with Crippen LogP contribution in [0.25, 0.3) is 0 Å². The largest absolute Gasteiger partial charge is 0.493 e. The number of Topliss-reactive ketones (excluding diaryl/α,β-unsaturated/α-hetero) is 1. The van der Waals surface area contributed by atoms with Gasteiger partial charge in [-0.15, -0.1) is 11.3 Å². The molecule has 0 saturated heterocycles. The second-order valence-corrected chi connectivity index (χ2v) is 6.47. The zero-order chi connectivity index (χ0) is 19.6. The van der Waals surface area contributed by atoms with Crippen molar-refractivity contribution < 1.29 is 28.6 Å². The number of nitrogens with one attached hydrogen (secondary N) is 1. The molecule has 0 bridgehead atoms. The molecule has 2 rings (SSSR count). The van der Waals surface area contributed by atoms with Gasteiger partial charge in [-0.2, -0.15) is 0 Å². The maximum absolute atomic E-state index is 11.8. The third-order valence-electron chi connectivity index (χ3n) is 3.65. The molecule has 0 radical (unpaired) electrons. The lowest BCUT2D eigenvalue weighted by atomic mass is 10.2. The molecule has 0 aliphatic carbocycles. The monoisotopic (exact) mass is 391 g/mol. The summed E-state index contributed by atoms with van der Waals surface area (Å²) in [5.41, 5.74) is 0.814. The zero-order valence-electron chi connectivity index (χ0n) is 15.2. The maximum atomic E-state index is 11.8. The Bertz CT molecular complexity index is 788. The van der Waals surface area contributed by atoms with Crippen LogP contribution >= 0.6 is 11.3 Å². The average Bonchev–Trinajstić information content (AvgIpc) is 3.23. The number of hydrogen-bond donors (Lipinski definition) is 1. The molecule has 0 atom stereocenters. The van der Waals surface area contributed by atoms with Crippen molar-refractivity contribution in [1.82, 2.24) is 5.32 Å². The van der Waals surface area contributed by atoms with Crippen molar-refractivity contribution in [2.45, 2.75) is 19.4 Å². The van der Waals surface area contributed by atoms with Gasteiger partial charge in [0, 0.05) is 13.0 Å². The Kier molecular flexibility index (Phi) is 7.81. The predicted octanol–water partition coefficient (Wildman–Crippen LogP) is 2.59. The maximum Gasteiger partial charge on any atom is 0.306 e. The van der Waals surface area contributed by atoms with Gasteiger partial charge in [-0.3, -0.25) is 14.4 Å². The number of ether oxygens (including phenoxy) is 3. The summed E-state index contributed by atoms with van der Waals surface area (Å²) in [6.45, 7) is -0.132. The summed E-state index contributed by atoms with van der Waals surface area (Å²) in [5.74, 6) is 0.0356. The molecular formula is C19H21NO6S. The number of hydrogen-bond acceptors (Lipinski definition) is 7. The zero-order valence-corrected chi connectivity index (χ0v) is 16.0. The summed E-state index contributed by atoms with van der Waals surface area (Å²) in [6, 6.07) is 8.77. The molecular weight excluding hydrogens is 370 g/mol. The highest BCUT2D eigenvalue weighted by atomic mass is 32.1. The first-order valence-corrected chi connectivity index (χ1v) is 9.11. The van der Waals surface area contributed by atoms with Gasteiger partial charge in [-0.05, 0) is 29.1 Å². The molecule has 1 aromatic heterocycles. The molecule has 0 aliphatic rings. The van der Waals surface area contributed by atoms with Crippen LogP contribution in [-0.2, 0) is 20.9 Å². The van der Waals surface area contributed by atoms with Gasteiger partial charge < -0.3 is 19.5 Å². The van der Waals surface area contributed by atoms with Crippen molar-refractivity contribution in [2.24, 2.45) is 0 Å². The van der Waals surface area contributed by atoms with E-state index in [2.05, 4.69) is 5.32 Å². The minimum absolute atomic E-state index is 0.0559. The second kappa shape index (κ2) is 10.3. The third kappa shape index (κ3) is 6.41. The molecule has 0 spiro atoms. The molecule has 8 heteroatoms.